The molecule has 1 aliphatic heterocycles. The van der Waals surface area contributed by atoms with Crippen molar-refractivity contribution in [1.82, 2.24) is 34.9 Å². The molecule has 5 heterocycles. The first-order valence-corrected chi connectivity index (χ1v) is 10.6. The normalized spacial score (nSPS) is 19.1. The molecule has 162 valence electrons. The van der Waals surface area contributed by atoms with Crippen molar-refractivity contribution in [1.29, 1.82) is 0 Å². The van der Waals surface area contributed by atoms with Crippen LogP contribution in [0.1, 0.15) is 53.4 Å². The van der Waals surface area contributed by atoms with E-state index in [1.807, 2.05) is 11.8 Å². The highest BCUT2D eigenvalue weighted by Gasteiger charge is 2.39. The molecule has 32 heavy (non-hydrogen) atoms. The molecule has 0 radical (unpaired) electrons. The van der Waals surface area contributed by atoms with Crippen molar-refractivity contribution in [2.45, 2.75) is 37.8 Å². The van der Waals surface area contributed by atoms with Gasteiger partial charge in [0.25, 0.3) is 5.91 Å². The van der Waals surface area contributed by atoms with E-state index in [2.05, 4.69) is 30.4 Å². The number of pyridine rings is 1. The van der Waals surface area contributed by atoms with Gasteiger partial charge in [-0.25, -0.2) is 23.9 Å². The van der Waals surface area contributed by atoms with Crippen molar-refractivity contribution in [2.24, 2.45) is 0 Å². The molecule has 0 bridgehead atoms. The summed E-state index contributed by atoms with van der Waals surface area (Å²) in [5.74, 6) is 0.0513. The summed E-state index contributed by atoms with van der Waals surface area (Å²) in [5, 5.41) is 7.61. The van der Waals surface area contributed by atoms with E-state index in [4.69, 9.17) is 0 Å². The van der Waals surface area contributed by atoms with Gasteiger partial charge in [-0.05, 0) is 38.0 Å². The second kappa shape index (κ2) is 6.84. The maximum atomic E-state index is 14.3. The summed E-state index contributed by atoms with van der Waals surface area (Å²) in [5.41, 5.74) is 3.07. The molecule has 0 saturated heterocycles. The summed E-state index contributed by atoms with van der Waals surface area (Å²) in [6.07, 6.45) is 9.18. The number of hydrogen-bond donors (Lipinski definition) is 2. The minimum atomic E-state index is -0.358. The average Bonchev–Trinajstić information content (AvgIpc) is 3.19. The monoisotopic (exact) mass is 432 g/mol. The number of nitrogens with zero attached hydrogens (tertiary/aromatic N) is 6. The topological polar surface area (TPSA) is 104 Å². The summed E-state index contributed by atoms with van der Waals surface area (Å²) >= 11 is 0. The largest absolute Gasteiger partial charge is 0.348 e. The summed E-state index contributed by atoms with van der Waals surface area (Å²) in [6, 6.07) is 4.41. The van der Waals surface area contributed by atoms with Crippen LogP contribution in [0.25, 0.3) is 5.52 Å². The van der Waals surface area contributed by atoms with Crippen molar-refractivity contribution in [2.75, 3.05) is 11.4 Å². The molecule has 1 fully saturated rings. The fourth-order valence-electron chi connectivity index (χ4n) is 4.19. The summed E-state index contributed by atoms with van der Waals surface area (Å²) < 4.78 is 15.8. The zero-order chi connectivity index (χ0) is 21.9. The van der Waals surface area contributed by atoms with Gasteiger partial charge in [0, 0.05) is 30.4 Å². The maximum absolute atomic E-state index is 14.3. The molecular weight excluding hydrogens is 411 g/mol. The fourth-order valence-corrected chi connectivity index (χ4v) is 4.19. The maximum Gasteiger partial charge on any atom is 0.271 e. The Hall–Kier alpha value is -3.82. The van der Waals surface area contributed by atoms with Gasteiger partial charge in [0.2, 0.25) is 0 Å². The fraction of sp³-hybridized carbons (Fsp3) is 0.318. The van der Waals surface area contributed by atoms with Gasteiger partial charge >= 0.3 is 0 Å². The number of anilines is 1. The Labute approximate surface area is 182 Å². The van der Waals surface area contributed by atoms with Crippen molar-refractivity contribution in [3.05, 3.63) is 71.7 Å². The predicted octanol–water partition coefficient (Wildman–Crippen LogP) is 2.42. The van der Waals surface area contributed by atoms with Gasteiger partial charge in [0.15, 0.2) is 0 Å². The number of fused-ring (bicyclic) bond motifs is 2. The lowest BCUT2D eigenvalue weighted by Gasteiger charge is -2.34. The van der Waals surface area contributed by atoms with Crippen LogP contribution in [0.3, 0.4) is 0 Å². The number of carbonyl (C=O) groups is 1. The average molecular weight is 432 g/mol. The van der Waals surface area contributed by atoms with Gasteiger partial charge in [-0.3, -0.25) is 4.79 Å². The Balaban J connectivity index is 1.37. The van der Waals surface area contributed by atoms with Crippen LogP contribution in [0.2, 0.25) is 0 Å². The van der Waals surface area contributed by atoms with E-state index in [0.717, 1.165) is 30.7 Å². The molecule has 1 aliphatic carbocycles. The van der Waals surface area contributed by atoms with Crippen LogP contribution in [-0.4, -0.2) is 47.5 Å². The van der Waals surface area contributed by atoms with E-state index in [1.165, 1.54) is 16.8 Å². The van der Waals surface area contributed by atoms with E-state index >= 15 is 0 Å². The number of amides is 1. The molecule has 4 aromatic heterocycles. The number of nitrogens with one attached hydrogen (secondary N) is 2. The van der Waals surface area contributed by atoms with E-state index < -0.39 is 0 Å². The Morgan fingerprint density at radius 2 is 2.16 bits per heavy atom. The zero-order valence-electron chi connectivity index (χ0n) is 17.4. The Kier molecular flexibility index (Phi) is 4.04. The molecule has 1 saturated carbocycles. The second-order valence-corrected chi connectivity index (χ2v) is 8.64. The van der Waals surface area contributed by atoms with Gasteiger partial charge in [0.05, 0.1) is 30.1 Å². The quantitative estimate of drug-likeness (QED) is 0.513. The first-order valence-electron chi connectivity index (χ1n) is 10.6. The number of H-pyrrole nitrogens is 1. The molecule has 2 N–H and O–H groups in total. The van der Waals surface area contributed by atoms with Crippen molar-refractivity contribution >= 4 is 17.2 Å². The second-order valence-electron chi connectivity index (χ2n) is 8.64. The number of halogens is 1. The standard InChI is InChI=1S/C22H21FN8O/c1-22(5-6-22)28-21(32)16-10-25-18(11-24-16)30-8-4-14-19(27-12-26-14)20(30)15-9-17-13(23)3-2-7-31(17)29-15/h2-3,7,9-12,20H,4-6,8H2,1H3,(H,26,27)(H,28,32)/t20-/m0/s1. The number of aromatic amines is 1. The number of carbonyl (C=O) groups excluding carboxylic acids is 1. The predicted molar refractivity (Wildman–Crippen MR) is 114 cm³/mol. The first-order chi connectivity index (χ1) is 15.5. The van der Waals surface area contributed by atoms with Crippen LogP contribution in [0.4, 0.5) is 10.2 Å². The SMILES string of the molecule is CC1(NC(=O)c2cnc(N3CCc4[nH]cnc4[C@@H]3c3cc4c(F)cccn4n3)cn2)CC1. The lowest BCUT2D eigenvalue weighted by molar-refractivity contribution is 0.0930. The van der Waals surface area contributed by atoms with E-state index in [1.54, 1.807) is 30.9 Å². The zero-order valence-corrected chi connectivity index (χ0v) is 17.4. The summed E-state index contributed by atoms with van der Waals surface area (Å²) in [7, 11) is 0. The van der Waals surface area contributed by atoms with Gasteiger partial charge in [-0.2, -0.15) is 5.10 Å². The van der Waals surface area contributed by atoms with E-state index in [-0.39, 0.29) is 29.0 Å². The van der Waals surface area contributed by atoms with Gasteiger partial charge < -0.3 is 15.2 Å². The Bertz CT molecular complexity index is 1320. The molecule has 1 atom stereocenters. The molecule has 0 aromatic carbocycles. The highest BCUT2D eigenvalue weighted by molar-refractivity contribution is 5.92. The van der Waals surface area contributed by atoms with Gasteiger partial charge in [-0.15, -0.1) is 0 Å². The van der Waals surface area contributed by atoms with Crippen LogP contribution in [-0.2, 0) is 6.42 Å². The third-order valence-corrected chi connectivity index (χ3v) is 6.25. The first kappa shape index (κ1) is 18.9. The van der Waals surface area contributed by atoms with Crippen molar-refractivity contribution in [3.8, 4) is 0 Å². The highest BCUT2D eigenvalue weighted by atomic mass is 19.1. The summed E-state index contributed by atoms with van der Waals surface area (Å²) in [6.45, 7) is 2.67. The number of rotatable bonds is 4. The number of aromatic nitrogens is 6. The van der Waals surface area contributed by atoms with Crippen LogP contribution < -0.4 is 10.2 Å². The summed E-state index contributed by atoms with van der Waals surface area (Å²) in [4.78, 5) is 31.1. The highest BCUT2D eigenvalue weighted by Crippen LogP contribution is 2.36. The Morgan fingerprint density at radius 3 is 2.91 bits per heavy atom. The molecular formula is C22H21FN8O. The van der Waals surface area contributed by atoms with Crippen LogP contribution in [0, 0.1) is 5.82 Å². The molecule has 0 unspecified atom stereocenters. The van der Waals surface area contributed by atoms with Gasteiger partial charge in [0.1, 0.15) is 28.9 Å². The lowest BCUT2D eigenvalue weighted by Crippen LogP contribution is -2.38. The third kappa shape index (κ3) is 3.10. The lowest BCUT2D eigenvalue weighted by atomic mass is 10.00. The van der Waals surface area contributed by atoms with Crippen molar-refractivity contribution < 1.29 is 9.18 Å². The molecule has 0 spiro atoms. The van der Waals surface area contributed by atoms with Crippen LogP contribution in [0.5, 0.6) is 0 Å². The minimum Gasteiger partial charge on any atom is -0.348 e. The molecule has 9 nitrogen and oxygen atoms in total. The van der Waals surface area contributed by atoms with E-state index in [0.29, 0.717) is 23.6 Å². The minimum absolute atomic E-state index is 0.121. The molecule has 6 rings (SSSR count). The smallest absolute Gasteiger partial charge is 0.271 e. The number of imidazole rings is 1. The third-order valence-electron chi connectivity index (χ3n) is 6.25. The van der Waals surface area contributed by atoms with Crippen LogP contribution >= 0.6 is 0 Å². The number of hydrogen-bond acceptors (Lipinski definition) is 6. The van der Waals surface area contributed by atoms with Gasteiger partial charge in [-0.1, -0.05) is 0 Å². The molecule has 2 aliphatic rings. The molecule has 10 heteroatoms. The van der Waals surface area contributed by atoms with Crippen molar-refractivity contribution in [3.63, 3.8) is 0 Å². The van der Waals surface area contributed by atoms with Crippen LogP contribution in [0.15, 0.2) is 43.1 Å². The Morgan fingerprint density at radius 1 is 1.28 bits per heavy atom. The van der Waals surface area contributed by atoms with E-state index in [9.17, 15) is 9.18 Å². The molecule has 1 amide bonds. The molecule has 4 aromatic rings.